The summed E-state index contributed by atoms with van der Waals surface area (Å²) in [5.74, 6) is 0.811. The van der Waals surface area contributed by atoms with Gasteiger partial charge in [-0.15, -0.1) is 10.2 Å². The average molecular weight is 475 g/mol. The molecule has 34 heavy (non-hydrogen) atoms. The third-order valence-corrected chi connectivity index (χ3v) is 6.48. The first-order valence-electron chi connectivity index (χ1n) is 11.2. The number of amides is 1. The van der Waals surface area contributed by atoms with Gasteiger partial charge in [-0.1, -0.05) is 72.8 Å². The second-order valence-electron chi connectivity index (χ2n) is 8.17. The zero-order valence-corrected chi connectivity index (χ0v) is 20.3. The highest BCUT2D eigenvalue weighted by atomic mass is 32.2. The standard InChI is InChI=1S/C27H27FN4OS/c1-4-16-31(3)26(33)22-9-7-8-20(17-22)18-34-27-30-29-25(21-14-12-19(2)13-15-21)32(27)24-11-6-5-10-23(24)28/h5-15,17H,4,16,18H2,1-3H3. The van der Waals surface area contributed by atoms with Crippen LogP contribution in [0.3, 0.4) is 0 Å². The van der Waals surface area contributed by atoms with Crippen LogP contribution in [-0.2, 0) is 5.75 Å². The van der Waals surface area contributed by atoms with E-state index in [2.05, 4.69) is 10.2 Å². The van der Waals surface area contributed by atoms with Gasteiger partial charge in [0.15, 0.2) is 11.0 Å². The molecule has 0 aliphatic carbocycles. The third-order valence-electron chi connectivity index (χ3n) is 5.48. The molecule has 7 heteroatoms. The molecule has 0 bridgehead atoms. The van der Waals surface area contributed by atoms with Crippen LogP contribution in [0.1, 0.15) is 34.8 Å². The molecule has 1 amide bonds. The van der Waals surface area contributed by atoms with E-state index < -0.39 is 0 Å². The van der Waals surface area contributed by atoms with Crippen molar-refractivity contribution in [3.8, 4) is 17.1 Å². The summed E-state index contributed by atoms with van der Waals surface area (Å²) in [7, 11) is 1.82. The fraction of sp³-hybridized carbons (Fsp3) is 0.222. The monoisotopic (exact) mass is 474 g/mol. The van der Waals surface area contributed by atoms with Crippen molar-refractivity contribution in [2.45, 2.75) is 31.2 Å². The van der Waals surface area contributed by atoms with Crippen molar-refractivity contribution >= 4 is 17.7 Å². The Bertz CT molecular complexity index is 1290. The minimum atomic E-state index is -0.343. The lowest BCUT2D eigenvalue weighted by Crippen LogP contribution is -2.27. The van der Waals surface area contributed by atoms with Crippen LogP contribution in [0, 0.1) is 12.7 Å². The number of rotatable bonds is 8. The number of para-hydroxylation sites is 1. The van der Waals surface area contributed by atoms with Gasteiger partial charge in [0.25, 0.3) is 5.91 Å². The van der Waals surface area contributed by atoms with Crippen molar-refractivity contribution in [3.05, 3.63) is 95.3 Å². The Morgan fingerprint density at radius 2 is 1.79 bits per heavy atom. The number of aryl methyl sites for hydroxylation is 1. The number of carbonyl (C=O) groups is 1. The quantitative estimate of drug-likeness (QED) is 0.287. The van der Waals surface area contributed by atoms with Crippen molar-refractivity contribution in [1.29, 1.82) is 0 Å². The van der Waals surface area contributed by atoms with Crippen LogP contribution in [0.25, 0.3) is 17.1 Å². The van der Waals surface area contributed by atoms with Gasteiger partial charge < -0.3 is 4.90 Å². The summed E-state index contributed by atoms with van der Waals surface area (Å²) in [5.41, 5.74) is 4.04. The van der Waals surface area contributed by atoms with E-state index in [9.17, 15) is 9.18 Å². The Kier molecular flexibility index (Phi) is 7.43. The van der Waals surface area contributed by atoms with Crippen molar-refractivity contribution in [2.75, 3.05) is 13.6 Å². The Morgan fingerprint density at radius 1 is 1.03 bits per heavy atom. The van der Waals surface area contributed by atoms with Crippen LogP contribution in [0.5, 0.6) is 0 Å². The van der Waals surface area contributed by atoms with Gasteiger partial charge in [-0.3, -0.25) is 9.36 Å². The van der Waals surface area contributed by atoms with E-state index >= 15 is 0 Å². The molecule has 0 spiro atoms. The number of thioether (sulfide) groups is 1. The zero-order chi connectivity index (χ0) is 24.1. The molecule has 3 aromatic carbocycles. The molecule has 0 atom stereocenters. The van der Waals surface area contributed by atoms with Crippen molar-refractivity contribution in [1.82, 2.24) is 19.7 Å². The second-order valence-corrected chi connectivity index (χ2v) is 9.12. The molecule has 0 aliphatic heterocycles. The van der Waals surface area contributed by atoms with E-state index in [1.807, 2.05) is 69.4 Å². The van der Waals surface area contributed by atoms with Crippen molar-refractivity contribution in [2.24, 2.45) is 0 Å². The Labute approximate surface area is 203 Å². The Morgan fingerprint density at radius 3 is 2.53 bits per heavy atom. The summed E-state index contributed by atoms with van der Waals surface area (Å²) in [6.07, 6.45) is 0.910. The van der Waals surface area contributed by atoms with Gasteiger partial charge >= 0.3 is 0 Å². The Hall–Kier alpha value is -3.45. The number of benzene rings is 3. The van der Waals surface area contributed by atoms with Gasteiger partial charge in [0.2, 0.25) is 0 Å². The topological polar surface area (TPSA) is 51.0 Å². The minimum Gasteiger partial charge on any atom is -0.342 e. The van der Waals surface area contributed by atoms with Gasteiger partial charge in [0.05, 0.1) is 5.69 Å². The molecule has 1 aromatic heterocycles. The lowest BCUT2D eigenvalue weighted by Gasteiger charge is -2.16. The molecule has 0 N–H and O–H groups in total. The van der Waals surface area contributed by atoms with E-state index in [0.717, 1.165) is 23.1 Å². The van der Waals surface area contributed by atoms with E-state index in [1.165, 1.54) is 17.8 Å². The molecule has 0 fully saturated rings. The van der Waals surface area contributed by atoms with Crippen LogP contribution in [0.2, 0.25) is 0 Å². The average Bonchev–Trinajstić information content (AvgIpc) is 3.27. The molecule has 0 aliphatic rings. The molecule has 0 saturated heterocycles. The summed E-state index contributed by atoms with van der Waals surface area (Å²) >= 11 is 1.46. The van der Waals surface area contributed by atoms with Gasteiger partial charge in [-0.25, -0.2) is 4.39 Å². The molecule has 0 radical (unpaired) electrons. The van der Waals surface area contributed by atoms with Gasteiger partial charge in [-0.05, 0) is 43.2 Å². The normalized spacial score (nSPS) is 10.9. The summed E-state index contributed by atoms with van der Waals surface area (Å²) in [5, 5.41) is 9.38. The smallest absolute Gasteiger partial charge is 0.253 e. The van der Waals surface area contributed by atoms with Crippen LogP contribution < -0.4 is 0 Å². The Balaban J connectivity index is 1.64. The van der Waals surface area contributed by atoms with Gasteiger partial charge in [0, 0.05) is 30.5 Å². The number of hydrogen-bond donors (Lipinski definition) is 0. The highest BCUT2D eigenvalue weighted by Gasteiger charge is 2.19. The molecular weight excluding hydrogens is 447 g/mol. The van der Waals surface area contributed by atoms with E-state index in [4.69, 9.17) is 0 Å². The number of nitrogens with zero attached hydrogens (tertiary/aromatic N) is 4. The molecule has 0 unspecified atom stereocenters. The van der Waals surface area contributed by atoms with E-state index in [-0.39, 0.29) is 11.7 Å². The first-order chi connectivity index (χ1) is 16.5. The van der Waals surface area contributed by atoms with Gasteiger partial charge in [0.1, 0.15) is 5.82 Å². The summed E-state index contributed by atoms with van der Waals surface area (Å²) in [6.45, 7) is 4.78. The molecular formula is C27H27FN4OS. The lowest BCUT2D eigenvalue weighted by molar-refractivity contribution is 0.0795. The highest BCUT2D eigenvalue weighted by molar-refractivity contribution is 7.98. The second kappa shape index (κ2) is 10.7. The van der Waals surface area contributed by atoms with E-state index in [0.29, 0.717) is 34.5 Å². The third kappa shape index (κ3) is 5.20. The maximum Gasteiger partial charge on any atom is 0.253 e. The number of carbonyl (C=O) groups excluding carboxylic acids is 1. The molecule has 1 heterocycles. The van der Waals surface area contributed by atoms with Crippen LogP contribution in [0.15, 0.2) is 78.0 Å². The van der Waals surface area contributed by atoms with Crippen LogP contribution >= 0.6 is 11.8 Å². The molecule has 4 aromatic rings. The predicted molar refractivity (Wildman–Crippen MR) is 135 cm³/mol. The molecule has 5 nitrogen and oxygen atoms in total. The summed E-state index contributed by atoms with van der Waals surface area (Å²) in [4.78, 5) is 14.4. The maximum absolute atomic E-state index is 14.8. The summed E-state index contributed by atoms with van der Waals surface area (Å²) < 4.78 is 16.6. The summed E-state index contributed by atoms with van der Waals surface area (Å²) in [6, 6.07) is 22.2. The minimum absolute atomic E-state index is 0.00452. The zero-order valence-electron chi connectivity index (χ0n) is 19.5. The molecule has 0 saturated carbocycles. The highest BCUT2D eigenvalue weighted by Crippen LogP contribution is 2.31. The van der Waals surface area contributed by atoms with Crippen molar-refractivity contribution in [3.63, 3.8) is 0 Å². The van der Waals surface area contributed by atoms with Crippen molar-refractivity contribution < 1.29 is 9.18 Å². The molecule has 4 rings (SSSR count). The number of hydrogen-bond acceptors (Lipinski definition) is 4. The fourth-order valence-electron chi connectivity index (χ4n) is 3.70. The van der Waals surface area contributed by atoms with E-state index in [1.54, 1.807) is 27.7 Å². The molecule has 174 valence electrons. The first kappa shape index (κ1) is 23.7. The lowest BCUT2D eigenvalue weighted by atomic mass is 10.1. The van der Waals surface area contributed by atoms with Crippen LogP contribution in [0.4, 0.5) is 4.39 Å². The van der Waals surface area contributed by atoms with Crippen LogP contribution in [-0.4, -0.2) is 39.2 Å². The first-order valence-corrected chi connectivity index (χ1v) is 12.2. The predicted octanol–water partition coefficient (Wildman–Crippen LogP) is 6.16. The fourth-order valence-corrected chi connectivity index (χ4v) is 4.59. The SMILES string of the molecule is CCCN(C)C(=O)c1cccc(CSc2nnc(-c3ccc(C)cc3)n2-c2ccccc2F)c1. The number of halogens is 1. The maximum atomic E-state index is 14.8. The largest absolute Gasteiger partial charge is 0.342 e. The van der Waals surface area contributed by atoms with Gasteiger partial charge in [-0.2, -0.15) is 0 Å². The number of aromatic nitrogens is 3.